The molecule has 24 heavy (non-hydrogen) atoms. The van der Waals surface area contributed by atoms with Gasteiger partial charge in [-0.15, -0.1) is 0 Å². The number of amides is 2. The second-order valence-corrected chi connectivity index (χ2v) is 7.32. The van der Waals surface area contributed by atoms with Crippen LogP contribution in [0.3, 0.4) is 0 Å². The van der Waals surface area contributed by atoms with Crippen molar-refractivity contribution in [1.82, 2.24) is 15.2 Å². The lowest BCUT2D eigenvalue weighted by Crippen LogP contribution is -2.70. The number of anilines is 1. The number of hydrogen-bond acceptors (Lipinski definition) is 5. The van der Waals surface area contributed by atoms with Crippen molar-refractivity contribution in [3.05, 3.63) is 23.9 Å². The summed E-state index contributed by atoms with van der Waals surface area (Å²) in [6.45, 7) is 7.04. The van der Waals surface area contributed by atoms with Crippen molar-refractivity contribution in [2.45, 2.75) is 44.9 Å². The summed E-state index contributed by atoms with van der Waals surface area (Å²) in [5.74, 6) is 0.644. The van der Waals surface area contributed by atoms with E-state index in [0.29, 0.717) is 18.7 Å². The molecule has 130 valence electrons. The van der Waals surface area contributed by atoms with Crippen molar-refractivity contribution < 1.29 is 14.3 Å². The van der Waals surface area contributed by atoms with Gasteiger partial charge in [0.05, 0.1) is 12.1 Å². The number of nitrogens with zero attached hydrogens (tertiary/aromatic N) is 3. The molecule has 3 fully saturated rings. The molecule has 2 bridgehead atoms. The Morgan fingerprint density at radius 1 is 1.29 bits per heavy atom. The lowest BCUT2D eigenvalue weighted by atomic mass is 9.88. The van der Waals surface area contributed by atoms with Crippen LogP contribution in [0.5, 0.6) is 0 Å². The van der Waals surface area contributed by atoms with Crippen LogP contribution in [0, 0.1) is 0 Å². The highest BCUT2D eigenvalue weighted by Crippen LogP contribution is 2.35. The lowest BCUT2D eigenvalue weighted by Gasteiger charge is -2.56. The fraction of sp³-hybridized carbons (Fsp3) is 0.588. The Bertz CT molecular complexity index is 643. The van der Waals surface area contributed by atoms with Gasteiger partial charge in [-0.05, 0) is 39.3 Å². The molecule has 4 rings (SSSR count). The number of aromatic nitrogens is 1. The molecule has 0 spiro atoms. The van der Waals surface area contributed by atoms with Crippen molar-refractivity contribution in [2.24, 2.45) is 0 Å². The minimum Gasteiger partial charge on any atom is -0.444 e. The molecular formula is C17H24N4O3. The van der Waals surface area contributed by atoms with Gasteiger partial charge >= 0.3 is 6.09 Å². The van der Waals surface area contributed by atoms with E-state index in [4.69, 9.17) is 4.74 Å². The van der Waals surface area contributed by atoms with Gasteiger partial charge in [0.1, 0.15) is 11.4 Å². The Labute approximate surface area is 142 Å². The highest BCUT2D eigenvalue weighted by Gasteiger charge is 2.49. The molecular weight excluding hydrogens is 308 g/mol. The van der Waals surface area contributed by atoms with E-state index < -0.39 is 5.60 Å². The van der Waals surface area contributed by atoms with Gasteiger partial charge in [0.15, 0.2) is 0 Å². The predicted octanol–water partition coefficient (Wildman–Crippen LogP) is 1.64. The van der Waals surface area contributed by atoms with Crippen LogP contribution in [0.25, 0.3) is 0 Å². The second-order valence-electron chi connectivity index (χ2n) is 7.32. The van der Waals surface area contributed by atoms with E-state index in [2.05, 4.69) is 15.2 Å². The van der Waals surface area contributed by atoms with Gasteiger partial charge in [0.2, 0.25) is 0 Å². The topological polar surface area (TPSA) is 74.8 Å². The average Bonchev–Trinajstić information content (AvgIpc) is 2.52. The minimum atomic E-state index is -0.482. The van der Waals surface area contributed by atoms with Gasteiger partial charge in [-0.1, -0.05) is 0 Å². The van der Waals surface area contributed by atoms with Crippen LogP contribution >= 0.6 is 0 Å². The Morgan fingerprint density at radius 3 is 2.54 bits per heavy atom. The van der Waals surface area contributed by atoms with Crippen LogP contribution in [0.2, 0.25) is 0 Å². The number of nitrogens with one attached hydrogen (secondary N) is 1. The van der Waals surface area contributed by atoms with Crippen molar-refractivity contribution >= 4 is 17.8 Å². The number of rotatable bonds is 2. The third-order valence-electron chi connectivity index (χ3n) is 4.36. The summed E-state index contributed by atoms with van der Waals surface area (Å²) in [6, 6.07) is 3.77. The number of piperidine rings is 1. The van der Waals surface area contributed by atoms with Crippen molar-refractivity contribution in [3.8, 4) is 0 Å². The Hall–Kier alpha value is -2.31. The molecule has 3 saturated heterocycles. The first-order valence-electron chi connectivity index (χ1n) is 8.23. The summed E-state index contributed by atoms with van der Waals surface area (Å²) in [5.41, 5.74) is 0.107. The molecule has 1 aromatic rings. The van der Waals surface area contributed by atoms with Gasteiger partial charge < -0.3 is 15.0 Å². The zero-order chi connectivity index (χ0) is 17.5. The second kappa shape index (κ2) is 5.96. The van der Waals surface area contributed by atoms with Gasteiger partial charge in [-0.2, -0.15) is 0 Å². The van der Waals surface area contributed by atoms with Crippen molar-refractivity contribution in [3.63, 3.8) is 0 Å². The Morgan fingerprint density at radius 2 is 1.96 bits per heavy atom. The molecule has 2 atom stereocenters. The summed E-state index contributed by atoms with van der Waals surface area (Å²) in [7, 11) is 1.61. The van der Waals surface area contributed by atoms with Crippen LogP contribution in [0.15, 0.2) is 18.3 Å². The monoisotopic (exact) mass is 332 g/mol. The molecule has 0 aromatic carbocycles. The van der Waals surface area contributed by atoms with Crippen LogP contribution < -0.4 is 10.2 Å². The normalized spacial score (nSPS) is 22.7. The van der Waals surface area contributed by atoms with E-state index in [1.165, 1.54) is 0 Å². The van der Waals surface area contributed by atoms with Crippen molar-refractivity contribution in [2.75, 3.05) is 25.0 Å². The number of ether oxygens (including phenoxy) is 1. The van der Waals surface area contributed by atoms with E-state index in [0.717, 1.165) is 12.2 Å². The van der Waals surface area contributed by atoms with Crippen LogP contribution in [-0.4, -0.2) is 59.7 Å². The number of pyridine rings is 1. The molecule has 4 heterocycles. The van der Waals surface area contributed by atoms with Crippen LogP contribution in [0.1, 0.15) is 37.6 Å². The molecule has 3 aliphatic rings. The standard InChI is InChI=1S/C17H24N4O3/c1-17(2,3)24-16(23)21-12-8-13(21)10-20(9-12)14-7-11(5-6-19-14)15(22)18-4/h5-7,12-13H,8-10H2,1-4H3,(H,18,22)/t12-,13+. The molecule has 7 nitrogen and oxygen atoms in total. The lowest BCUT2D eigenvalue weighted by molar-refractivity contribution is -0.0380. The molecule has 0 saturated carbocycles. The van der Waals surface area contributed by atoms with E-state index in [9.17, 15) is 9.59 Å². The third-order valence-corrected chi connectivity index (χ3v) is 4.36. The third kappa shape index (κ3) is 3.16. The summed E-state index contributed by atoms with van der Waals surface area (Å²) in [5, 5.41) is 2.62. The quantitative estimate of drug-likeness (QED) is 0.891. The summed E-state index contributed by atoms with van der Waals surface area (Å²) < 4.78 is 5.48. The maximum absolute atomic E-state index is 12.3. The highest BCUT2D eigenvalue weighted by molar-refractivity contribution is 5.94. The first kappa shape index (κ1) is 16.5. The van der Waals surface area contributed by atoms with Gasteiger partial charge in [0.25, 0.3) is 5.91 Å². The maximum Gasteiger partial charge on any atom is 0.410 e. The van der Waals surface area contributed by atoms with E-state index in [1.54, 1.807) is 25.4 Å². The predicted molar refractivity (Wildman–Crippen MR) is 90.1 cm³/mol. The van der Waals surface area contributed by atoms with E-state index >= 15 is 0 Å². The smallest absolute Gasteiger partial charge is 0.410 e. The highest BCUT2D eigenvalue weighted by atomic mass is 16.6. The van der Waals surface area contributed by atoms with E-state index in [-0.39, 0.29) is 24.1 Å². The number of carbonyl (C=O) groups excluding carboxylic acids is 2. The molecule has 1 N–H and O–H groups in total. The molecule has 0 unspecified atom stereocenters. The van der Waals surface area contributed by atoms with E-state index in [1.807, 2.05) is 25.7 Å². The number of fused-ring (bicyclic) bond motifs is 2. The van der Waals surface area contributed by atoms with Gasteiger partial charge in [-0.25, -0.2) is 9.78 Å². The first-order chi connectivity index (χ1) is 11.3. The maximum atomic E-state index is 12.3. The average molecular weight is 332 g/mol. The molecule has 0 aliphatic carbocycles. The van der Waals surface area contributed by atoms with Crippen molar-refractivity contribution in [1.29, 1.82) is 0 Å². The molecule has 2 amide bonds. The molecule has 0 radical (unpaired) electrons. The number of piperazine rings is 1. The molecule has 7 heteroatoms. The van der Waals surface area contributed by atoms with Gasteiger partial charge in [0, 0.05) is 31.9 Å². The summed E-state index contributed by atoms with van der Waals surface area (Å²) >= 11 is 0. The Kier molecular flexibility index (Phi) is 4.11. The molecule has 3 aliphatic heterocycles. The summed E-state index contributed by atoms with van der Waals surface area (Å²) in [4.78, 5) is 32.4. The summed E-state index contributed by atoms with van der Waals surface area (Å²) in [6.07, 6.45) is 2.40. The Balaban J connectivity index is 1.68. The fourth-order valence-electron chi connectivity index (χ4n) is 3.29. The zero-order valence-corrected chi connectivity index (χ0v) is 14.6. The number of hydrogen-bond donors (Lipinski definition) is 1. The number of carbonyl (C=O) groups is 2. The van der Waals surface area contributed by atoms with Gasteiger partial charge in [-0.3, -0.25) is 9.69 Å². The zero-order valence-electron chi connectivity index (χ0n) is 14.6. The van der Waals surface area contributed by atoms with Crippen LogP contribution in [0.4, 0.5) is 10.6 Å². The molecule has 1 aromatic heterocycles. The first-order valence-corrected chi connectivity index (χ1v) is 8.23. The van der Waals surface area contributed by atoms with Crippen LogP contribution in [-0.2, 0) is 4.74 Å². The largest absolute Gasteiger partial charge is 0.444 e. The SMILES string of the molecule is CNC(=O)c1ccnc(N2C[C@H]3C[C@@H](C2)N3C(=O)OC(C)(C)C)c1. The fourth-order valence-corrected chi connectivity index (χ4v) is 3.29. The minimum absolute atomic E-state index is 0.129.